The molecule has 21 heavy (non-hydrogen) atoms. The Morgan fingerprint density at radius 1 is 1.33 bits per heavy atom. The third-order valence-corrected chi connectivity index (χ3v) is 3.91. The average Bonchev–Trinajstić information content (AvgIpc) is 2.40. The van der Waals surface area contributed by atoms with Crippen LogP contribution in [0.1, 0.15) is 43.5 Å². The van der Waals surface area contributed by atoms with Crippen molar-refractivity contribution in [3.05, 3.63) is 28.2 Å². The monoisotopic (exact) mass is 356 g/mol. The van der Waals surface area contributed by atoms with Crippen molar-refractivity contribution in [3.63, 3.8) is 0 Å². The normalized spacial score (nSPS) is 13.5. The number of hydrogen-bond donors (Lipinski definition) is 3. The maximum atomic E-state index is 12.1. The molecule has 0 heterocycles. The fourth-order valence-corrected chi connectivity index (χ4v) is 2.23. The highest BCUT2D eigenvalue weighted by Crippen LogP contribution is 2.24. The summed E-state index contributed by atoms with van der Waals surface area (Å²) in [6, 6.07) is 4.68. The van der Waals surface area contributed by atoms with Gasteiger partial charge in [0, 0.05) is 16.4 Å². The minimum atomic E-state index is -1.03. The quantitative estimate of drug-likeness (QED) is 0.699. The molecule has 0 radical (unpaired) electrons. The second kappa shape index (κ2) is 8.14. The highest BCUT2D eigenvalue weighted by molar-refractivity contribution is 9.10. The molecule has 1 aromatic carbocycles. The average molecular weight is 357 g/mol. The zero-order valence-corrected chi connectivity index (χ0v) is 13.8. The SMILES string of the molecule is CC(N)CCCC(C)C(=O)Nc1cc(C(=O)O)ccc1Br. The second-order valence-corrected chi connectivity index (χ2v) is 6.15. The Morgan fingerprint density at radius 2 is 2.00 bits per heavy atom. The Hall–Kier alpha value is -1.40. The van der Waals surface area contributed by atoms with Gasteiger partial charge in [0.25, 0.3) is 0 Å². The zero-order valence-electron chi connectivity index (χ0n) is 12.2. The minimum Gasteiger partial charge on any atom is -0.478 e. The summed E-state index contributed by atoms with van der Waals surface area (Å²) in [5, 5.41) is 11.7. The number of carboxylic acids is 1. The van der Waals surface area contributed by atoms with Crippen molar-refractivity contribution in [2.45, 2.75) is 39.2 Å². The van der Waals surface area contributed by atoms with Crippen molar-refractivity contribution in [1.29, 1.82) is 0 Å². The van der Waals surface area contributed by atoms with E-state index in [1.807, 2.05) is 13.8 Å². The number of halogens is 1. The molecule has 0 fully saturated rings. The van der Waals surface area contributed by atoms with Crippen LogP contribution < -0.4 is 11.1 Å². The smallest absolute Gasteiger partial charge is 0.335 e. The van der Waals surface area contributed by atoms with Crippen molar-refractivity contribution < 1.29 is 14.7 Å². The summed E-state index contributed by atoms with van der Waals surface area (Å²) in [6.07, 6.45) is 2.53. The van der Waals surface area contributed by atoms with Crippen LogP contribution in [-0.2, 0) is 4.79 Å². The fraction of sp³-hybridized carbons (Fsp3) is 0.467. The van der Waals surface area contributed by atoms with E-state index in [1.165, 1.54) is 12.1 Å². The third-order valence-electron chi connectivity index (χ3n) is 3.22. The maximum Gasteiger partial charge on any atom is 0.335 e. The summed E-state index contributed by atoms with van der Waals surface area (Å²) in [5.41, 5.74) is 6.29. The molecule has 6 heteroatoms. The molecule has 0 aliphatic heterocycles. The largest absolute Gasteiger partial charge is 0.478 e. The van der Waals surface area contributed by atoms with E-state index in [-0.39, 0.29) is 23.4 Å². The topological polar surface area (TPSA) is 92.4 Å². The first-order valence-corrected chi connectivity index (χ1v) is 7.70. The lowest BCUT2D eigenvalue weighted by Gasteiger charge is -2.14. The molecule has 0 aromatic heterocycles. The summed E-state index contributed by atoms with van der Waals surface area (Å²) >= 11 is 3.30. The highest BCUT2D eigenvalue weighted by atomic mass is 79.9. The van der Waals surface area contributed by atoms with Crippen LogP contribution in [0.2, 0.25) is 0 Å². The van der Waals surface area contributed by atoms with Crippen LogP contribution in [0.4, 0.5) is 5.69 Å². The van der Waals surface area contributed by atoms with Crippen LogP contribution >= 0.6 is 15.9 Å². The molecule has 0 saturated heterocycles. The summed E-state index contributed by atoms with van der Waals surface area (Å²) in [4.78, 5) is 23.1. The van der Waals surface area contributed by atoms with Gasteiger partial charge in [0.2, 0.25) is 5.91 Å². The number of nitrogens with one attached hydrogen (secondary N) is 1. The molecule has 1 aromatic rings. The third kappa shape index (κ3) is 5.85. The van der Waals surface area contributed by atoms with E-state index in [0.29, 0.717) is 10.2 Å². The highest BCUT2D eigenvalue weighted by Gasteiger charge is 2.15. The number of carbonyl (C=O) groups is 2. The lowest BCUT2D eigenvalue weighted by molar-refractivity contribution is -0.119. The van der Waals surface area contributed by atoms with Crippen LogP contribution in [0.5, 0.6) is 0 Å². The minimum absolute atomic E-state index is 0.122. The van der Waals surface area contributed by atoms with E-state index in [9.17, 15) is 9.59 Å². The Kier molecular flexibility index (Phi) is 6.84. The lowest BCUT2D eigenvalue weighted by atomic mass is 10.0. The van der Waals surface area contributed by atoms with E-state index in [2.05, 4.69) is 21.2 Å². The zero-order chi connectivity index (χ0) is 16.0. The van der Waals surface area contributed by atoms with Gasteiger partial charge in [-0.3, -0.25) is 4.79 Å². The first-order valence-electron chi connectivity index (χ1n) is 6.90. The number of hydrogen-bond acceptors (Lipinski definition) is 3. The van der Waals surface area contributed by atoms with Gasteiger partial charge in [-0.05, 0) is 53.9 Å². The molecule has 5 nitrogen and oxygen atoms in total. The van der Waals surface area contributed by atoms with Gasteiger partial charge in [-0.15, -0.1) is 0 Å². The Labute approximate surface area is 133 Å². The van der Waals surface area contributed by atoms with Gasteiger partial charge >= 0.3 is 5.97 Å². The first kappa shape index (κ1) is 17.7. The number of carboxylic acid groups (broad SMARTS) is 1. The van der Waals surface area contributed by atoms with Gasteiger partial charge in [-0.1, -0.05) is 13.3 Å². The predicted octanol–water partition coefficient (Wildman–Crippen LogP) is 3.24. The molecule has 2 atom stereocenters. The Bertz CT molecular complexity index is 518. The van der Waals surface area contributed by atoms with Gasteiger partial charge in [0.1, 0.15) is 0 Å². The van der Waals surface area contributed by atoms with Crippen molar-refractivity contribution >= 4 is 33.5 Å². The number of nitrogens with two attached hydrogens (primary N) is 1. The molecular weight excluding hydrogens is 336 g/mol. The second-order valence-electron chi connectivity index (χ2n) is 5.30. The van der Waals surface area contributed by atoms with E-state index >= 15 is 0 Å². The molecule has 0 bridgehead atoms. The van der Waals surface area contributed by atoms with Crippen LogP contribution in [0.15, 0.2) is 22.7 Å². The number of carbonyl (C=O) groups excluding carboxylic acids is 1. The van der Waals surface area contributed by atoms with Gasteiger partial charge in [-0.2, -0.15) is 0 Å². The molecule has 116 valence electrons. The first-order chi connectivity index (χ1) is 9.81. The molecule has 1 rings (SSSR count). The number of anilines is 1. The maximum absolute atomic E-state index is 12.1. The van der Waals surface area contributed by atoms with Crippen molar-refractivity contribution in [1.82, 2.24) is 0 Å². The molecule has 4 N–H and O–H groups in total. The summed E-state index contributed by atoms with van der Waals surface area (Å²) < 4.78 is 0.656. The fourth-order valence-electron chi connectivity index (χ4n) is 1.89. The number of benzene rings is 1. The Morgan fingerprint density at radius 3 is 2.57 bits per heavy atom. The van der Waals surface area contributed by atoms with Gasteiger partial charge in [0.05, 0.1) is 11.3 Å². The van der Waals surface area contributed by atoms with Crippen LogP contribution in [0.3, 0.4) is 0 Å². The van der Waals surface area contributed by atoms with E-state index in [0.717, 1.165) is 19.3 Å². The van der Waals surface area contributed by atoms with Crippen LogP contribution in [-0.4, -0.2) is 23.0 Å². The Balaban J connectivity index is 2.65. The molecule has 1 amide bonds. The number of aromatic carboxylic acids is 1. The summed E-state index contributed by atoms with van der Waals surface area (Å²) in [5.74, 6) is -1.30. The lowest BCUT2D eigenvalue weighted by Crippen LogP contribution is -2.22. The van der Waals surface area contributed by atoms with Crippen LogP contribution in [0, 0.1) is 5.92 Å². The van der Waals surface area contributed by atoms with E-state index in [1.54, 1.807) is 6.07 Å². The summed E-state index contributed by atoms with van der Waals surface area (Å²) in [6.45, 7) is 3.80. The molecular formula is C15H21BrN2O3. The van der Waals surface area contributed by atoms with Crippen molar-refractivity contribution in [3.8, 4) is 0 Å². The molecule has 2 unspecified atom stereocenters. The predicted molar refractivity (Wildman–Crippen MR) is 86.4 cm³/mol. The number of amides is 1. The molecule has 0 aliphatic carbocycles. The van der Waals surface area contributed by atoms with Crippen LogP contribution in [0.25, 0.3) is 0 Å². The van der Waals surface area contributed by atoms with Gasteiger partial charge < -0.3 is 16.2 Å². The van der Waals surface area contributed by atoms with Crippen molar-refractivity contribution in [2.75, 3.05) is 5.32 Å². The van der Waals surface area contributed by atoms with E-state index in [4.69, 9.17) is 10.8 Å². The molecule has 0 saturated carbocycles. The van der Waals surface area contributed by atoms with Gasteiger partial charge in [0.15, 0.2) is 0 Å². The van der Waals surface area contributed by atoms with E-state index < -0.39 is 5.97 Å². The van der Waals surface area contributed by atoms with Gasteiger partial charge in [-0.25, -0.2) is 4.79 Å². The standard InChI is InChI=1S/C15H21BrN2O3/c1-9(4-3-5-10(2)17)14(19)18-13-8-11(15(20)21)6-7-12(13)16/h6-10H,3-5,17H2,1-2H3,(H,18,19)(H,20,21). The number of rotatable bonds is 7. The molecule has 0 spiro atoms. The van der Waals surface area contributed by atoms with Crippen molar-refractivity contribution in [2.24, 2.45) is 11.7 Å². The summed E-state index contributed by atoms with van der Waals surface area (Å²) in [7, 11) is 0. The molecule has 0 aliphatic rings.